The fraction of sp³-hybridized carbons (Fsp3) is 0.556. The van der Waals surface area contributed by atoms with Crippen molar-refractivity contribution in [1.29, 1.82) is 0 Å². The topological polar surface area (TPSA) is 141 Å². The van der Waals surface area contributed by atoms with Crippen molar-refractivity contribution in [3.8, 4) is 0 Å². The second kappa shape index (κ2) is 11.6. The minimum absolute atomic E-state index is 0.162. The second-order valence-electron chi connectivity index (χ2n) is 6.86. The van der Waals surface area contributed by atoms with Crippen LogP contribution < -0.4 is 5.73 Å². The quantitative estimate of drug-likeness (QED) is 0.440. The van der Waals surface area contributed by atoms with Crippen molar-refractivity contribution < 1.29 is 29.5 Å². The van der Waals surface area contributed by atoms with Crippen LogP contribution in [0.3, 0.4) is 0 Å². The van der Waals surface area contributed by atoms with Gasteiger partial charge in [-0.2, -0.15) is 9.59 Å². The molecule has 0 amide bonds. The van der Waals surface area contributed by atoms with Gasteiger partial charge in [-0.1, -0.05) is 36.8 Å². The number of hydrogen-bond donors (Lipinski definition) is 4. The molecule has 0 aromatic heterocycles. The van der Waals surface area contributed by atoms with E-state index >= 15 is 0 Å². The maximum absolute atomic E-state index is 11.6. The van der Waals surface area contributed by atoms with E-state index in [1.54, 1.807) is 0 Å². The molecule has 1 aliphatic rings. The summed E-state index contributed by atoms with van der Waals surface area (Å²) in [6.45, 7) is 1.82. The van der Waals surface area contributed by atoms with Crippen LogP contribution in [-0.2, 0) is 20.8 Å². The van der Waals surface area contributed by atoms with Gasteiger partial charge in [-0.05, 0) is 37.7 Å². The number of carbonyl (C=O) groups excluding carboxylic acids is 2. The first kappa shape index (κ1) is 23.0. The zero-order valence-corrected chi connectivity index (χ0v) is 15.3. The smallest absolute Gasteiger partial charge is 0.451 e. The molecular formula is C18H27BN2O6. The molecule has 1 heterocycles. The van der Waals surface area contributed by atoms with Gasteiger partial charge in [0.1, 0.15) is 5.54 Å². The molecule has 0 spiro atoms. The number of nitrogens with zero attached hydrogens (tertiary/aromatic N) is 1. The maximum atomic E-state index is 11.6. The molecule has 0 saturated carbocycles. The van der Waals surface area contributed by atoms with Gasteiger partial charge in [-0.15, -0.1) is 0 Å². The van der Waals surface area contributed by atoms with E-state index in [-0.39, 0.29) is 18.4 Å². The van der Waals surface area contributed by atoms with Crippen LogP contribution in [0.15, 0.2) is 30.3 Å². The second-order valence-corrected chi connectivity index (χ2v) is 6.86. The molecule has 148 valence electrons. The van der Waals surface area contributed by atoms with Gasteiger partial charge in [0.2, 0.25) is 0 Å². The molecule has 0 aliphatic carbocycles. The van der Waals surface area contributed by atoms with Gasteiger partial charge in [-0.25, -0.2) is 0 Å². The fourth-order valence-electron chi connectivity index (χ4n) is 3.50. The van der Waals surface area contributed by atoms with Crippen molar-refractivity contribution in [3.63, 3.8) is 0 Å². The van der Waals surface area contributed by atoms with Crippen LogP contribution in [0.5, 0.6) is 0 Å². The van der Waals surface area contributed by atoms with Gasteiger partial charge in [0.15, 0.2) is 0 Å². The first-order valence-corrected chi connectivity index (χ1v) is 8.97. The van der Waals surface area contributed by atoms with Crippen molar-refractivity contribution in [2.45, 2.75) is 37.5 Å². The standard InChI is InChI=1S/C17H27BN2O4.CO2/c19-17(16(21)22)13-20(12-15(17)9-4-10-18(23)24)11-5-8-14-6-2-1-3-7-14;2-1-3/h1-3,6-7,15,23-24H,4-5,8-13,19H2,(H,21,22);/t15-,17-;/m0./s1. The van der Waals surface area contributed by atoms with Crippen LogP contribution >= 0.6 is 0 Å². The Hall–Kier alpha value is -2.03. The van der Waals surface area contributed by atoms with Crippen LogP contribution in [0.1, 0.15) is 24.8 Å². The number of carboxylic acids is 1. The molecule has 1 saturated heterocycles. The van der Waals surface area contributed by atoms with Crippen LogP contribution in [0.4, 0.5) is 0 Å². The van der Waals surface area contributed by atoms with Gasteiger partial charge >= 0.3 is 19.2 Å². The van der Waals surface area contributed by atoms with Gasteiger partial charge in [0.05, 0.1) is 0 Å². The summed E-state index contributed by atoms with van der Waals surface area (Å²) in [6, 6.07) is 10.2. The average Bonchev–Trinajstić information content (AvgIpc) is 2.94. The Balaban J connectivity index is 0.00000114. The summed E-state index contributed by atoms with van der Waals surface area (Å²) in [5, 5.41) is 27.4. The summed E-state index contributed by atoms with van der Waals surface area (Å²) in [5.41, 5.74) is 6.21. The first-order valence-electron chi connectivity index (χ1n) is 8.97. The van der Waals surface area contributed by atoms with E-state index < -0.39 is 18.6 Å². The Morgan fingerprint density at radius 3 is 2.44 bits per heavy atom. The summed E-state index contributed by atoms with van der Waals surface area (Å²) in [7, 11) is -1.34. The number of aliphatic carboxylic acids is 1. The number of carboxylic acid groups (broad SMARTS) is 1. The van der Waals surface area contributed by atoms with Crippen molar-refractivity contribution in [2.75, 3.05) is 19.6 Å². The normalized spacial score (nSPS) is 21.8. The highest BCUT2D eigenvalue weighted by Gasteiger charge is 2.48. The summed E-state index contributed by atoms with van der Waals surface area (Å²) in [6.07, 6.45) is 3.58. The lowest BCUT2D eigenvalue weighted by Crippen LogP contribution is -2.54. The lowest BCUT2D eigenvalue weighted by Gasteiger charge is -2.25. The molecule has 1 fully saturated rings. The van der Waals surface area contributed by atoms with Gasteiger partial charge < -0.3 is 25.8 Å². The van der Waals surface area contributed by atoms with Crippen molar-refractivity contribution in [2.24, 2.45) is 11.7 Å². The van der Waals surface area contributed by atoms with E-state index in [1.165, 1.54) is 5.56 Å². The lowest BCUT2D eigenvalue weighted by molar-refractivity contribution is -0.191. The van der Waals surface area contributed by atoms with Crippen molar-refractivity contribution in [3.05, 3.63) is 35.9 Å². The molecule has 5 N–H and O–H groups in total. The van der Waals surface area contributed by atoms with Gasteiger partial charge in [0.25, 0.3) is 0 Å². The van der Waals surface area contributed by atoms with E-state index in [1.807, 2.05) is 18.2 Å². The number of rotatable bonds is 9. The first-order chi connectivity index (χ1) is 12.8. The SMILES string of the molecule is N[C@@]1(C(=O)O)CN(CCCc2ccccc2)C[C@@H]1CCCB(O)O.O=C=O. The predicted octanol–water partition coefficient (Wildman–Crippen LogP) is 0.00260. The summed E-state index contributed by atoms with van der Waals surface area (Å²) in [4.78, 5) is 30.0. The third-order valence-corrected chi connectivity index (χ3v) is 4.89. The average molecular weight is 378 g/mol. The van der Waals surface area contributed by atoms with E-state index in [2.05, 4.69) is 17.0 Å². The van der Waals surface area contributed by atoms with Crippen LogP contribution in [0.2, 0.25) is 6.32 Å². The Morgan fingerprint density at radius 1 is 1.26 bits per heavy atom. The van der Waals surface area contributed by atoms with Gasteiger partial charge in [-0.3, -0.25) is 4.79 Å². The predicted molar refractivity (Wildman–Crippen MR) is 98.5 cm³/mol. The Morgan fingerprint density at radius 2 is 1.89 bits per heavy atom. The van der Waals surface area contributed by atoms with Crippen LogP contribution in [0.25, 0.3) is 0 Å². The molecule has 1 aromatic rings. The van der Waals surface area contributed by atoms with Crippen molar-refractivity contribution >= 4 is 19.2 Å². The molecule has 2 rings (SSSR count). The van der Waals surface area contributed by atoms with E-state index in [0.29, 0.717) is 25.9 Å². The number of nitrogens with two attached hydrogens (primary N) is 1. The number of carbonyl (C=O) groups is 1. The Bertz CT molecular complexity index is 609. The minimum Gasteiger partial charge on any atom is -0.480 e. The molecule has 0 bridgehead atoms. The summed E-state index contributed by atoms with van der Waals surface area (Å²) < 4.78 is 0. The molecule has 1 aliphatic heterocycles. The largest absolute Gasteiger partial charge is 0.480 e. The Kier molecular flexibility index (Phi) is 9.92. The number of benzene rings is 1. The number of aryl methyl sites for hydroxylation is 1. The molecule has 9 heteroatoms. The Labute approximate surface area is 159 Å². The zero-order valence-electron chi connectivity index (χ0n) is 15.3. The highest BCUT2D eigenvalue weighted by molar-refractivity contribution is 6.40. The van der Waals surface area contributed by atoms with Crippen LogP contribution in [0, 0.1) is 5.92 Å². The molecular weight excluding hydrogens is 351 g/mol. The lowest BCUT2D eigenvalue weighted by atomic mass is 9.78. The van der Waals surface area contributed by atoms with E-state index in [4.69, 9.17) is 25.4 Å². The van der Waals surface area contributed by atoms with Gasteiger partial charge in [0, 0.05) is 19.0 Å². The molecule has 1 aromatic carbocycles. The molecule has 8 nitrogen and oxygen atoms in total. The van der Waals surface area contributed by atoms with E-state index in [9.17, 15) is 9.90 Å². The van der Waals surface area contributed by atoms with Crippen LogP contribution in [-0.4, -0.2) is 64.5 Å². The highest BCUT2D eigenvalue weighted by atomic mass is 16.4. The molecule has 0 unspecified atom stereocenters. The minimum atomic E-state index is -1.34. The molecule has 2 atom stereocenters. The zero-order chi connectivity index (χ0) is 20.3. The molecule has 27 heavy (non-hydrogen) atoms. The van der Waals surface area contributed by atoms with Crippen molar-refractivity contribution in [1.82, 2.24) is 4.90 Å². The highest BCUT2D eigenvalue weighted by Crippen LogP contribution is 2.30. The third-order valence-electron chi connectivity index (χ3n) is 4.89. The fourth-order valence-corrected chi connectivity index (χ4v) is 3.50. The number of likely N-dealkylation sites (tertiary alicyclic amines) is 1. The molecule has 0 radical (unpaired) electrons. The monoisotopic (exact) mass is 378 g/mol. The maximum Gasteiger partial charge on any atom is 0.451 e. The summed E-state index contributed by atoms with van der Waals surface area (Å²) in [5.74, 6) is -1.13. The third kappa shape index (κ3) is 7.62. The summed E-state index contributed by atoms with van der Waals surface area (Å²) >= 11 is 0. The van der Waals surface area contributed by atoms with E-state index in [0.717, 1.165) is 19.4 Å². The number of hydrogen-bond acceptors (Lipinski definition) is 7.